The normalized spacial score (nSPS) is 15.9. The highest BCUT2D eigenvalue weighted by Gasteiger charge is 2.40. The molecule has 1 N–H and O–H groups in total. The number of nitrogens with zero attached hydrogens (tertiary/aromatic N) is 1. The SMILES string of the molecule is O=C(O)ON1C=CC(c2ccccc2)(c2ccccc2)O1. The van der Waals surface area contributed by atoms with Gasteiger partial charge >= 0.3 is 6.16 Å². The zero-order valence-electron chi connectivity index (χ0n) is 11.0. The molecule has 2 aromatic rings. The third kappa shape index (κ3) is 2.46. The molecule has 1 heterocycles. The molecule has 0 aliphatic carbocycles. The Morgan fingerprint density at radius 3 is 2.00 bits per heavy atom. The maximum Gasteiger partial charge on any atom is 0.532 e. The molecule has 0 aromatic heterocycles. The minimum absolute atomic E-state index is 0.850. The number of carbonyl (C=O) groups is 1. The minimum atomic E-state index is -1.43. The maximum absolute atomic E-state index is 10.7. The molecule has 0 unspecified atom stereocenters. The van der Waals surface area contributed by atoms with Crippen molar-refractivity contribution in [2.24, 2.45) is 0 Å². The average Bonchev–Trinajstić information content (AvgIpc) is 2.93. The van der Waals surface area contributed by atoms with Crippen molar-refractivity contribution in [1.29, 1.82) is 0 Å². The minimum Gasteiger partial charge on any atom is -0.448 e. The van der Waals surface area contributed by atoms with Crippen molar-refractivity contribution in [2.45, 2.75) is 5.60 Å². The van der Waals surface area contributed by atoms with Crippen LogP contribution in [0.3, 0.4) is 0 Å². The molecule has 3 rings (SSSR count). The van der Waals surface area contributed by atoms with Crippen LogP contribution >= 0.6 is 0 Å². The highest BCUT2D eigenvalue weighted by molar-refractivity contribution is 5.56. The Labute approximate surface area is 121 Å². The summed E-state index contributed by atoms with van der Waals surface area (Å²) < 4.78 is 0. The molecule has 106 valence electrons. The third-order valence-corrected chi connectivity index (χ3v) is 3.24. The molecule has 21 heavy (non-hydrogen) atoms. The molecule has 2 aromatic carbocycles. The second kappa shape index (κ2) is 5.30. The summed E-state index contributed by atoms with van der Waals surface area (Å²) >= 11 is 0. The summed E-state index contributed by atoms with van der Waals surface area (Å²) in [4.78, 5) is 21.0. The van der Waals surface area contributed by atoms with Crippen molar-refractivity contribution in [3.05, 3.63) is 84.1 Å². The highest BCUT2D eigenvalue weighted by atomic mass is 17.0. The predicted octanol–water partition coefficient (Wildman–Crippen LogP) is 3.30. The molecule has 1 aliphatic heterocycles. The first-order valence-corrected chi connectivity index (χ1v) is 6.40. The fourth-order valence-corrected chi connectivity index (χ4v) is 2.33. The lowest BCUT2D eigenvalue weighted by atomic mass is 9.86. The van der Waals surface area contributed by atoms with Gasteiger partial charge in [0.1, 0.15) is 0 Å². The van der Waals surface area contributed by atoms with E-state index in [9.17, 15) is 4.79 Å². The molecule has 0 atom stereocenters. The monoisotopic (exact) mass is 283 g/mol. The number of hydrogen-bond donors (Lipinski definition) is 1. The number of benzene rings is 2. The Morgan fingerprint density at radius 1 is 1.00 bits per heavy atom. The van der Waals surface area contributed by atoms with Crippen molar-refractivity contribution >= 4 is 6.16 Å². The van der Waals surface area contributed by atoms with Gasteiger partial charge in [-0.25, -0.2) is 9.63 Å². The van der Waals surface area contributed by atoms with Gasteiger partial charge in [-0.3, -0.25) is 4.84 Å². The number of hydroxylamine groups is 2. The molecular weight excluding hydrogens is 270 g/mol. The lowest BCUT2D eigenvalue weighted by Gasteiger charge is -2.28. The van der Waals surface area contributed by atoms with E-state index in [-0.39, 0.29) is 0 Å². The Bertz CT molecular complexity index is 615. The van der Waals surface area contributed by atoms with Crippen LogP contribution in [0, 0.1) is 0 Å². The Morgan fingerprint density at radius 2 is 1.52 bits per heavy atom. The van der Waals surface area contributed by atoms with Gasteiger partial charge in [0.05, 0.1) is 6.20 Å². The second-order valence-electron chi connectivity index (χ2n) is 4.52. The molecule has 0 saturated carbocycles. The van der Waals surface area contributed by atoms with E-state index >= 15 is 0 Å². The molecule has 0 saturated heterocycles. The summed E-state index contributed by atoms with van der Waals surface area (Å²) in [5, 5.41) is 9.56. The van der Waals surface area contributed by atoms with Gasteiger partial charge in [-0.2, -0.15) is 0 Å². The molecular formula is C16H13NO4. The standard InChI is InChI=1S/C16H13NO4/c18-15(19)20-17-12-11-16(21-17,13-7-3-1-4-8-13)14-9-5-2-6-10-14/h1-12H,(H,18,19). The summed E-state index contributed by atoms with van der Waals surface area (Å²) in [6, 6.07) is 19.1. The molecule has 0 amide bonds. The van der Waals surface area contributed by atoms with Crippen molar-refractivity contribution in [3.8, 4) is 0 Å². The first-order chi connectivity index (χ1) is 10.2. The largest absolute Gasteiger partial charge is 0.532 e. The molecule has 0 bridgehead atoms. The van der Waals surface area contributed by atoms with E-state index in [1.54, 1.807) is 6.08 Å². The summed E-state index contributed by atoms with van der Waals surface area (Å²) in [7, 11) is 0. The summed E-state index contributed by atoms with van der Waals surface area (Å²) in [6.45, 7) is 0. The first kappa shape index (κ1) is 13.2. The van der Waals surface area contributed by atoms with Crippen LogP contribution in [0.5, 0.6) is 0 Å². The maximum atomic E-state index is 10.7. The lowest BCUT2D eigenvalue weighted by Crippen LogP contribution is -2.31. The van der Waals surface area contributed by atoms with E-state index in [1.165, 1.54) is 6.20 Å². The summed E-state index contributed by atoms with van der Waals surface area (Å²) in [6.07, 6.45) is 1.78. The van der Waals surface area contributed by atoms with Crippen molar-refractivity contribution < 1.29 is 19.6 Å². The van der Waals surface area contributed by atoms with Gasteiger partial charge in [-0.05, 0) is 17.2 Å². The molecule has 5 nitrogen and oxygen atoms in total. The zero-order chi connectivity index (χ0) is 14.7. The Hall–Kier alpha value is -2.79. The van der Waals surface area contributed by atoms with E-state index in [0.717, 1.165) is 16.4 Å². The molecule has 0 spiro atoms. The van der Waals surface area contributed by atoms with Crippen LogP contribution in [-0.2, 0) is 15.3 Å². The van der Waals surface area contributed by atoms with Crippen LogP contribution in [0.1, 0.15) is 11.1 Å². The van der Waals surface area contributed by atoms with Gasteiger partial charge in [0.25, 0.3) is 0 Å². The number of carboxylic acid groups (broad SMARTS) is 1. The van der Waals surface area contributed by atoms with Gasteiger partial charge in [-0.15, -0.1) is 0 Å². The fraction of sp³-hybridized carbons (Fsp3) is 0.0625. The molecule has 0 radical (unpaired) electrons. The van der Waals surface area contributed by atoms with E-state index in [0.29, 0.717) is 0 Å². The van der Waals surface area contributed by atoms with E-state index in [2.05, 4.69) is 4.84 Å². The highest BCUT2D eigenvalue weighted by Crippen LogP contribution is 2.39. The van der Waals surface area contributed by atoms with Gasteiger partial charge in [-0.1, -0.05) is 65.9 Å². The van der Waals surface area contributed by atoms with E-state index in [4.69, 9.17) is 9.94 Å². The van der Waals surface area contributed by atoms with Crippen LogP contribution in [0.25, 0.3) is 0 Å². The Balaban J connectivity index is 2.03. The van der Waals surface area contributed by atoms with Crippen molar-refractivity contribution in [1.82, 2.24) is 5.23 Å². The van der Waals surface area contributed by atoms with Gasteiger partial charge in [0.2, 0.25) is 0 Å². The van der Waals surface area contributed by atoms with Crippen LogP contribution in [-0.4, -0.2) is 16.5 Å². The predicted molar refractivity (Wildman–Crippen MR) is 74.8 cm³/mol. The summed E-state index contributed by atoms with van der Waals surface area (Å²) in [5.74, 6) is 0. The third-order valence-electron chi connectivity index (χ3n) is 3.24. The fourth-order valence-electron chi connectivity index (χ4n) is 2.33. The van der Waals surface area contributed by atoms with Crippen molar-refractivity contribution in [3.63, 3.8) is 0 Å². The number of rotatable bonds is 3. The van der Waals surface area contributed by atoms with Crippen molar-refractivity contribution in [2.75, 3.05) is 0 Å². The summed E-state index contributed by atoms with van der Waals surface area (Å²) in [5.41, 5.74) is 0.853. The van der Waals surface area contributed by atoms with E-state index < -0.39 is 11.8 Å². The first-order valence-electron chi connectivity index (χ1n) is 6.40. The van der Waals surface area contributed by atoms with Crippen LogP contribution < -0.4 is 0 Å². The zero-order valence-corrected chi connectivity index (χ0v) is 11.0. The van der Waals surface area contributed by atoms with E-state index in [1.807, 2.05) is 60.7 Å². The average molecular weight is 283 g/mol. The quantitative estimate of drug-likeness (QED) is 0.936. The van der Waals surface area contributed by atoms with Gasteiger partial charge in [0, 0.05) is 0 Å². The topological polar surface area (TPSA) is 59.0 Å². The molecule has 0 fully saturated rings. The Kier molecular flexibility index (Phi) is 3.33. The smallest absolute Gasteiger partial charge is 0.448 e. The van der Waals surface area contributed by atoms with Crippen LogP contribution in [0.4, 0.5) is 4.79 Å². The second-order valence-corrected chi connectivity index (χ2v) is 4.52. The molecule has 1 aliphatic rings. The van der Waals surface area contributed by atoms with Gasteiger partial charge < -0.3 is 5.11 Å². The number of hydrogen-bond acceptors (Lipinski definition) is 4. The lowest BCUT2D eigenvalue weighted by molar-refractivity contribution is -0.328. The van der Waals surface area contributed by atoms with Gasteiger partial charge in [0.15, 0.2) is 5.60 Å². The van der Waals surface area contributed by atoms with Crippen LogP contribution in [0.2, 0.25) is 0 Å². The molecule has 5 heteroatoms. The van der Waals surface area contributed by atoms with Crippen LogP contribution in [0.15, 0.2) is 72.9 Å².